The van der Waals surface area contributed by atoms with E-state index in [0.29, 0.717) is 30.5 Å². The average molecular weight is 456 g/mol. The van der Waals surface area contributed by atoms with E-state index in [4.69, 9.17) is 11.6 Å². The number of alkyl halides is 3. The number of benzene rings is 2. The lowest BCUT2D eigenvalue weighted by Gasteiger charge is -2.33. The van der Waals surface area contributed by atoms with Gasteiger partial charge in [-0.2, -0.15) is 13.2 Å². The van der Waals surface area contributed by atoms with Gasteiger partial charge < -0.3 is 9.88 Å². The first-order valence-electron chi connectivity index (χ1n) is 9.66. The Hall–Kier alpha value is -2.81. The number of carbonyl (C=O) groups is 1. The Morgan fingerprint density at radius 1 is 1.19 bits per heavy atom. The number of fused-ring (bicyclic) bond motifs is 1. The molecule has 1 aromatic heterocycles. The van der Waals surface area contributed by atoms with Crippen molar-refractivity contribution in [2.75, 3.05) is 13.1 Å². The summed E-state index contributed by atoms with van der Waals surface area (Å²) >= 11 is 5.85. The monoisotopic (exact) mass is 455 g/mol. The first-order valence-corrected chi connectivity index (χ1v) is 10.0. The van der Waals surface area contributed by atoms with Gasteiger partial charge in [-0.3, -0.25) is 9.36 Å². The third-order valence-electron chi connectivity index (χ3n) is 5.44. The Morgan fingerprint density at radius 2 is 1.97 bits per heavy atom. The molecule has 3 aromatic rings. The highest BCUT2D eigenvalue weighted by molar-refractivity contribution is 6.30. The standard InChI is InChI=1S/C21H18ClF4N3O2/c22-14-6-12(7-15(23)10-14)8-19(30)28-5-1-2-16(11-28)29-18-4-3-13(21(24,25)26)9-17(18)27-20(29)31/h3-4,6-7,9-10,16H,1-2,5,8,11H2,(H,27,31)/t16-/m0/s1. The summed E-state index contributed by atoms with van der Waals surface area (Å²) in [4.78, 5) is 29.3. The zero-order valence-electron chi connectivity index (χ0n) is 16.2. The molecule has 1 fully saturated rings. The largest absolute Gasteiger partial charge is 0.416 e. The van der Waals surface area contributed by atoms with E-state index in [0.717, 1.165) is 18.2 Å². The number of amides is 1. The molecule has 1 aliphatic heterocycles. The molecular formula is C21H18ClF4N3O2. The van der Waals surface area contributed by atoms with E-state index in [1.165, 1.54) is 22.8 Å². The molecule has 4 rings (SSSR count). The minimum Gasteiger partial charge on any atom is -0.340 e. The number of hydrogen-bond donors (Lipinski definition) is 1. The maximum atomic E-state index is 13.5. The molecular weight excluding hydrogens is 438 g/mol. The smallest absolute Gasteiger partial charge is 0.340 e. The van der Waals surface area contributed by atoms with E-state index < -0.39 is 23.2 Å². The number of rotatable bonds is 3. The summed E-state index contributed by atoms with van der Waals surface area (Å²) in [6.45, 7) is 0.712. The molecule has 0 bridgehead atoms. The van der Waals surface area contributed by atoms with Gasteiger partial charge in [-0.05, 0) is 54.8 Å². The lowest BCUT2D eigenvalue weighted by atomic mass is 10.0. The number of imidazole rings is 1. The highest BCUT2D eigenvalue weighted by atomic mass is 35.5. The van der Waals surface area contributed by atoms with Crippen LogP contribution in [0.5, 0.6) is 0 Å². The Kier molecular flexibility index (Phi) is 5.55. The van der Waals surface area contributed by atoms with Crippen LogP contribution in [0.1, 0.15) is 30.0 Å². The van der Waals surface area contributed by atoms with Crippen molar-refractivity contribution in [2.24, 2.45) is 0 Å². The summed E-state index contributed by atoms with van der Waals surface area (Å²) in [5, 5.41) is 0.197. The maximum absolute atomic E-state index is 13.5. The Bertz CT molecular complexity index is 1180. The zero-order valence-corrected chi connectivity index (χ0v) is 16.9. The highest BCUT2D eigenvalue weighted by Gasteiger charge is 2.32. The van der Waals surface area contributed by atoms with Crippen molar-refractivity contribution in [3.8, 4) is 0 Å². The minimum absolute atomic E-state index is 0.0398. The van der Waals surface area contributed by atoms with Crippen LogP contribution in [0.3, 0.4) is 0 Å². The molecule has 0 unspecified atom stereocenters. The number of aromatic nitrogens is 2. The molecule has 2 aromatic carbocycles. The van der Waals surface area contributed by atoms with Crippen molar-refractivity contribution in [1.29, 1.82) is 0 Å². The molecule has 31 heavy (non-hydrogen) atoms. The van der Waals surface area contributed by atoms with Crippen LogP contribution in [0.15, 0.2) is 41.2 Å². The number of hydrogen-bond acceptors (Lipinski definition) is 2. The van der Waals surface area contributed by atoms with E-state index >= 15 is 0 Å². The van der Waals surface area contributed by atoms with Gasteiger partial charge in [0, 0.05) is 18.1 Å². The Morgan fingerprint density at radius 3 is 2.68 bits per heavy atom. The first kappa shape index (κ1) is 21.4. The molecule has 1 amide bonds. The van der Waals surface area contributed by atoms with Crippen LogP contribution < -0.4 is 5.69 Å². The van der Waals surface area contributed by atoms with Gasteiger partial charge in [-0.1, -0.05) is 11.6 Å². The number of H-pyrrole nitrogens is 1. The zero-order chi connectivity index (χ0) is 22.3. The Balaban J connectivity index is 1.57. The molecule has 1 aliphatic rings. The normalized spacial score (nSPS) is 17.3. The third-order valence-corrected chi connectivity index (χ3v) is 5.65. The van der Waals surface area contributed by atoms with Crippen molar-refractivity contribution >= 4 is 28.5 Å². The molecule has 0 aliphatic carbocycles. The summed E-state index contributed by atoms with van der Waals surface area (Å²) in [6, 6.07) is 6.65. The van der Waals surface area contributed by atoms with Crippen LogP contribution in [0.4, 0.5) is 17.6 Å². The van der Waals surface area contributed by atoms with Crippen LogP contribution in [-0.4, -0.2) is 33.4 Å². The van der Waals surface area contributed by atoms with Gasteiger partial charge in [0.15, 0.2) is 0 Å². The number of halogens is 5. The number of aromatic amines is 1. The second-order valence-electron chi connectivity index (χ2n) is 7.62. The summed E-state index contributed by atoms with van der Waals surface area (Å²) in [5.41, 5.74) is -0.471. The van der Waals surface area contributed by atoms with Crippen LogP contribution in [0.25, 0.3) is 11.0 Å². The molecule has 0 spiro atoms. The molecule has 1 N–H and O–H groups in total. The predicted octanol–water partition coefficient (Wildman–Crippen LogP) is 4.55. The van der Waals surface area contributed by atoms with Gasteiger partial charge >= 0.3 is 11.9 Å². The summed E-state index contributed by atoms with van der Waals surface area (Å²) in [6.07, 6.45) is -3.33. The fourth-order valence-electron chi connectivity index (χ4n) is 4.06. The highest BCUT2D eigenvalue weighted by Crippen LogP contribution is 2.32. The van der Waals surface area contributed by atoms with Crippen LogP contribution in [0.2, 0.25) is 5.02 Å². The van der Waals surface area contributed by atoms with Crippen LogP contribution in [0, 0.1) is 5.82 Å². The fourth-order valence-corrected chi connectivity index (χ4v) is 4.31. The van der Waals surface area contributed by atoms with Gasteiger partial charge in [0.25, 0.3) is 0 Å². The molecule has 2 heterocycles. The topological polar surface area (TPSA) is 58.1 Å². The molecule has 10 heteroatoms. The second kappa shape index (κ2) is 8.03. The van der Waals surface area contributed by atoms with Crippen LogP contribution >= 0.6 is 11.6 Å². The van der Waals surface area contributed by atoms with Crippen molar-refractivity contribution in [3.05, 3.63) is 68.8 Å². The first-order chi connectivity index (χ1) is 14.6. The van der Waals surface area contributed by atoms with Gasteiger partial charge in [-0.25, -0.2) is 9.18 Å². The number of piperidine rings is 1. The molecule has 164 valence electrons. The third kappa shape index (κ3) is 4.46. The van der Waals surface area contributed by atoms with Crippen molar-refractivity contribution in [3.63, 3.8) is 0 Å². The minimum atomic E-state index is -4.51. The van der Waals surface area contributed by atoms with E-state index in [9.17, 15) is 27.2 Å². The summed E-state index contributed by atoms with van der Waals surface area (Å²) in [7, 11) is 0. The van der Waals surface area contributed by atoms with Crippen molar-refractivity contribution < 1.29 is 22.4 Å². The maximum Gasteiger partial charge on any atom is 0.416 e. The van der Waals surface area contributed by atoms with Crippen molar-refractivity contribution in [1.82, 2.24) is 14.5 Å². The SMILES string of the molecule is O=C(Cc1cc(F)cc(Cl)c1)N1CCC[C@H](n2c(=O)[nH]c3cc(C(F)(F)F)ccc32)C1. The van der Waals surface area contributed by atoms with E-state index in [1.807, 2.05) is 0 Å². The van der Waals surface area contributed by atoms with Gasteiger partial charge in [0.2, 0.25) is 5.91 Å². The number of nitrogens with one attached hydrogen (secondary N) is 1. The summed E-state index contributed by atoms with van der Waals surface area (Å²) < 4.78 is 53.9. The van der Waals surface area contributed by atoms with E-state index in [-0.39, 0.29) is 35.5 Å². The van der Waals surface area contributed by atoms with Gasteiger partial charge in [0.1, 0.15) is 5.82 Å². The molecule has 1 atom stereocenters. The number of carbonyl (C=O) groups excluding carboxylic acids is 1. The quantitative estimate of drug-likeness (QED) is 0.589. The summed E-state index contributed by atoms with van der Waals surface area (Å²) in [5.74, 6) is -0.769. The Labute approximate surface area is 179 Å². The number of nitrogens with zero attached hydrogens (tertiary/aromatic N) is 2. The van der Waals surface area contributed by atoms with Crippen LogP contribution in [-0.2, 0) is 17.4 Å². The van der Waals surface area contributed by atoms with E-state index in [1.54, 1.807) is 4.90 Å². The molecule has 0 saturated carbocycles. The molecule has 0 radical (unpaired) electrons. The molecule has 5 nitrogen and oxygen atoms in total. The number of likely N-dealkylation sites (tertiary alicyclic amines) is 1. The average Bonchev–Trinajstić information content (AvgIpc) is 3.01. The predicted molar refractivity (Wildman–Crippen MR) is 108 cm³/mol. The lowest BCUT2D eigenvalue weighted by Crippen LogP contribution is -2.43. The second-order valence-corrected chi connectivity index (χ2v) is 8.06. The molecule has 1 saturated heterocycles. The fraction of sp³-hybridized carbons (Fsp3) is 0.333. The van der Waals surface area contributed by atoms with Crippen molar-refractivity contribution in [2.45, 2.75) is 31.5 Å². The van der Waals surface area contributed by atoms with Gasteiger partial charge in [-0.15, -0.1) is 0 Å². The van der Waals surface area contributed by atoms with Gasteiger partial charge in [0.05, 0.1) is 29.1 Å². The van der Waals surface area contributed by atoms with E-state index in [2.05, 4.69) is 4.98 Å². The lowest BCUT2D eigenvalue weighted by molar-refractivity contribution is -0.137.